The molecule has 1 unspecified atom stereocenters. The van der Waals surface area contributed by atoms with E-state index >= 15 is 4.39 Å². The first kappa shape index (κ1) is 30.2. The van der Waals surface area contributed by atoms with Crippen molar-refractivity contribution in [1.82, 2.24) is 14.4 Å². The molecule has 0 N–H and O–H groups in total. The van der Waals surface area contributed by atoms with E-state index in [0.717, 1.165) is 50.1 Å². The predicted molar refractivity (Wildman–Crippen MR) is 195 cm³/mol. The zero-order valence-corrected chi connectivity index (χ0v) is 28.9. The maximum absolute atomic E-state index is 16.7. The summed E-state index contributed by atoms with van der Waals surface area (Å²) in [7, 11) is 0. The van der Waals surface area contributed by atoms with Crippen molar-refractivity contribution in [3.63, 3.8) is 0 Å². The number of aromatic nitrogens is 3. The van der Waals surface area contributed by atoms with Crippen LogP contribution in [-0.4, -0.2) is 14.4 Å². The summed E-state index contributed by atoms with van der Waals surface area (Å²) in [6.07, 6.45) is 4.11. The number of imidazole rings is 1. The first-order valence-electron chi connectivity index (χ1n) is 16.0. The van der Waals surface area contributed by atoms with Gasteiger partial charge in [0.2, 0.25) is 0 Å². The van der Waals surface area contributed by atoms with Gasteiger partial charge in [-0.05, 0) is 41.3 Å². The number of nitrogens with zero attached hydrogens (tertiary/aromatic N) is 4. The number of alkyl halides is 1. The Labute approximate surface area is 300 Å². The number of anilines is 3. The van der Waals surface area contributed by atoms with Crippen LogP contribution in [0.15, 0.2) is 122 Å². The molecule has 4 aromatic heterocycles. The van der Waals surface area contributed by atoms with Crippen LogP contribution in [0.2, 0.25) is 0 Å². The van der Waals surface area contributed by atoms with E-state index in [4.69, 9.17) is 4.98 Å². The van der Waals surface area contributed by atoms with Crippen LogP contribution in [0.5, 0.6) is 0 Å². The Balaban J connectivity index is 0.00000325. The van der Waals surface area contributed by atoms with Crippen molar-refractivity contribution in [1.29, 1.82) is 0 Å². The van der Waals surface area contributed by atoms with Crippen molar-refractivity contribution in [2.45, 2.75) is 25.4 Å². The van der Waals surface area contributed by atoms with E-state index in [1.54, 1.807) is 23.6 Å². The van der Waals surface area contributed by atoms with Gasteiger partial charge in [-0.15, -0.1) is 41.2 Å². The van der Waals surface area contributed by atoms with E-state index in [1.165, 1.54) is 25.7 Å². The van der Waals surface area contributed by atoms with E-state index in [1.807, 2.05) is 59.3 Å². The fraction of sp³-hybridized carbons (Fsp3) is 0.0952. The molecular formula is C42H27FN4PdS. The van der Waals surface area contributed by atoms with Gasteiger partial charge in [-0.1, -0.05) is 78.3 Å². The standard InChI is InChI=1S/C42H27FN4S.Pd/c1-42(2)33-13-8-18-44-41(33)47(36-24-38-31(23-34(36)42)30-12-4-6-15-37(30)48-38)27-10-7-9-25(21-27)39(43)26-16-17-28-29-11-3-5-14-35(29)46-20-19-45-40(46)32(28)22-26;/h3-20,23-24,39H,1-2H3;/q-2;+2. The van der Waals surface area contributed by atoms with Crippen molar-refractivity contribution in [2.24, 2.45) is 0 Å². The number of benzene rings is 5. The maximum atomic E-state index is 16.7. The zero-order chi connectivity index (χ0) is 32.1. The van der Waals surface area contributed by atoms with Crippen LogP contribution < -0.4 is 4.90 Å². The molecule has 238 valence electrons. The summed E-state index contributed by atoms with van der Waals surface area (Å²) in [4.78, 5) is 11.7. The van der Waals surface area contributed by atoms with E-state index in [0.29, 0.717) is 11.1 Å². The van der Waals surface area contributed by atoms with E-state index in [9.17, 15) is 0 Å². The summed E-state index contributed by atoms with van der Waals surface area (Å²) >= 11 is 1.79. The Kier molecular flexibility index (Phi) is 6.80. The van der Waals surface area contributed by atoms with Crippen molar-refractivity contribution in [3.05, 3.63) is 156 Å². The molecule has 0 bridgehead atoms. The molecule has 10 rings (SSSR count). The largest absolute Gasteiger partial charge is 2.00 e. The number of hydrogen-bond acceptors (Lipinski definition) is 4. The maximum Gasteiger partial charge on any atom is 2.00 e. The molecule has 1 aliphatic rings. The van der Waals surface area contributed by atoms with Gasteiger partial charge in [0.1, 0.15) is 12.0 Å². The van der Waals surface area contributed by atoms with Crippen LogP contribution >= 0.6 is 11.3 Å². The predicted octanol–water partition coefficient (Wildman–Crippen LogP) is 11.2. The van der Waals surface area contributed by atoms with Crippen LogP contribution in [0.25, 0.3) is 47.5 Å². The zero-order valence-electron chi connectivity index (χ0n) is 26.5. The van der Waals surface area contributed by atoms with Crippen molar-refractivity contribution >= 4 is 76.0 Å². The Morgan fingerprint density at radius 3 is 2.43 bits per heavy atom. The number of rotatable bonds is 3. The molecular weight excluding hydrogens is 718 g/mol. The first-order chi connectivity index (χ1) is 23.5. The molecule has 1 aliphatic heterocycles. The molecule has 0 amide bonds. The van der Waals surface area contributed by atoms with Gasteiger partial charge < -0.3 is 9.30 Å². The van der Waals surface area contributed by atoms with Gasteiger partial charge >= 0.3 is 20.4 Å². The third-order valence-electron chi connectivity index (χ3n) is 9.96. The Bertz CT molecular complexity index is 2760. The number of thiophene rings is 1. The quantitative estimate of drug-likeness (QED) is 0.103. The van der Waals surface area contributed by atoms with E-state index in [-0.39, 0.29) is 25.8 Å². The number of para-hydroxylation sites is 1. The molecule has 0 fully saturated rings. The van der Waals surface area contributed by atoms with Crippen LogP contribution in [-0.2, 0) is 25.8 Å². The minimum absolute atomic E-state index is 0. The average Bonchev–Trinajstić information content (AvgIpc) is 3.76. The summed E-state index contributed by atoms with van der Waals surface area (Å²) < 4.78 is 21.2. The third kappa shape index (κ3) is 4.36. The van der Waals surface area contributed by atoms with E-state index < -0.39 is 6.17 Å². The van der Waals surface area contributed by atoms with Crippen LogP contribution in [0.4, 0.5) is 21.6 Å². The molecule has 5 aromatic carbocycles. The molecule has 0 radical (unpaired) electrons. The summed E-state index contributed by atoms with van der Waals surface area (Å²) in [5, 5.41) is 5.40. The summed E-state index contributed by atoms with van der Waals surface area (Å²) in [5.41, 5.74) is 6.52. The molecule has 0 spiro atoms. The number of halogens is 1. The Morgan fingerprint density at radius 2 is 1.53 bits per heavy atom. The average molecular weight is 745 g/mol. The smallest absolute Gasteiger partial charge is 0.340 e. The van der Waals surface area contributed by atoms with Gasteiger partial charge in [0.05, 0.1) is 11.3 Å². The van der Waals surface area contributed by atoms with Gasteiger partial charge in [0.25, 0.3) is 0 Å². The van der Waals surface area contributed by atoms with Crippen molar-refractivity contribution < 1.29 is 24.8 Å². The third-order valence-corrected chi connectivity index (χ3v) is 11.1. The van der Waals surface area contributed by atoms with Crippen LogP contribution in [0.1, 0.15) is 42.3 Å². The second-order valence-corrected chi connectivity index (χ2v) is 14.1. The fourth-order valence-electron chi connectivity index (χ4n) is 7.58. The monoisotopic (exact) mass is 744 g/mol. The Hall–Kier alpha value is -4.93. The molecule has 0 saturated heterocycles. The number of hydrogen-bond donors (Lipinski definition) is 0. The van der Waals surface area contributed by atoms with Crippen LogP contribution in [0, 0.1) is 12.1 Å². The SMILES string of the molecule is CC1(C)c2cc3c(cc2N(c2[c-]c(C(F)c4[c-]c5c(cc4)c4ccccc4n4ccnc54)ccc2)c2ncccc21)sc1ccccc13.[Pd+2]. The summed E-state index contributed by atoms with van der Waals surface area (Å²) in [6.45, 7) is 4.52. The summed E-state index contributed by atoms with van der Waals surface area (Å²) in [5.74, 6) is 0.838. The van der Waals surface area contributed by atoms with Crippen LogP contribution in [0.3, 0.4) is 0 Å². The Morgan fingerprint density at radius 1 is 0.714 bits per heavy atom. The van der Waals surface area contributed by atoms with Crippen molar-refractivity contribution in [3.8, 4) is 0 Å². The molecule has 4 nitrogen and oxygen atoms in total. The number of pyridine rings is 2. The molecule has 0 aliphatic carbocycles. The minimum atomic E-state index is -1.44. The molecule has 5 heterocycles. The normalized spacial score (nSPS) is 14.3. The molecule has 0 saturated carbocycles. The minimum Gasteiger partial charge on any atom is -0.340 e. The fourth-order valence-corrected chi connectivity index (χ4v) is 8.71. The summed E-state index contributed by atoms with van der Waals surface area (Å²) in [6, 6.07) is 42.0. The second-order valence-electron chi connectivity index (χ2n) is 13.0. The molecule has 1 atom stereocenters. The van der Waals surface area contributed by atoms with Gasteiger partial charge in [-0.2, -0.15) is 18.2 Å². The molecule has 7 heteroatoms. The van der Waals surface area contributed by atoms with Gasteiger partial charge in [-0.3, -0.25) is 4.98 Å². The van der Waals surface area contributed by atoms with Gasteiger partial charge in [-0.25, -0.2) is 9.37 Å². The topological polar surface area (TPSA) is 33.4 Å². The van der Waals surface area contributed by atoms with Crippen molar-refractivity contribution in [2.75, 3.05) is 4.90 Å². The van der Waals surface area contributed by atoms with E-state index in [2.05, 4.69) is 90.5 Å². The number of fused-ring (bicyclic) bond motifs is 11. The first-order valence-corrected chi connectivity index (χ1v) is 16.9. The second kappa shape index (κ2) is 11.0. The molecule has 9 aromatic rings. The molecule has 49 heavy (non-hydrogen) atoms. The van der Waals surface area contributed by atoms with Gasteiger partial charge in [0, 0.05) is 55.3 Å². The van der Waals surface area contributed by atoms with Gasteiger partial charge in [0.15, 0.2) is 0 Å².